The smallest absolute Gasteiger partial charge is 0.320 e. The fraction of sp³-hybridized carbons (Fsp3) is 0.536. The summed E-state index contributed by atoms with van der Waals surface area (Å²) in [6, 6.07) is 2.64. The molecule has 0 unspecified atom stereocenters. The van der Waals surface area contributed by atoms with E-state index >= 15 is 0 Å². The number of thiazole rings is 1. The number of thiophene rings is 1. The number of likely N-dealkylation sites (tertiary alicyclic amines) is 1. The van der Waals surface area contributed by atoms with Crippen molar-refractivity contribution >= 4 is 51.8 Å². The number of esters is 1. The van der Waals surface area contributed by atoms with Crippen LogP contribution in [0, 0.1) is 0 Å². The molecular formula is C28H35ClN6O3S2. The van der Waals surface area contributed by atoms with Crippen LogP contribution in [0.4, 0.5) is 5.82 Å². The number of anilines is 1. The van der Waals surface area contributed by atoms with Gasteiger partial charge >= 0.3 is 5.97 Å². The third kappa shape index (κ3) is 6.88. The van der Waals surface area contributed by atoms with Crippen LogP contribution in [0.15, 0.2) is 23.8 Å². The van der Waals surface area contributed by atoms with Gasteiger partial charge in [0.15, 0.2) is 5.78 Å². The molecule has 9 nitrogen and oxygen atoms in total. The minimum atomic E-state index is -0.199. The summed E-state index contributed by atoms with van der Waals surface area (Å²) in [6.07, 6.45) is 5.84. The lowest BCUT2D eigenvalue weighted by atomic mass is 10.2. The van der Waals surface area contributed by atoms with Crippen LogP contribution in [0.25, 0.3) is 10.6 Å². The Balaban J connectivity index is 1.24. The monoisotopic (exact) mass is 602 g/mol. The maximum absolute atomic E-state index is 13.2. The zero-order valence-corrected chi connectivity index (χ0v) is 25.5. The molecule has 0 amide bonds. The van der Waals surface area contributed by atoms with Crippen molar-refractivity contribution in [1.29, 1.82) is 0 Å². The van der Waals surface area contributed by atoms with Crippen LogP contribution in [0.3, 0.4) is 0 Å². The molecule has 40 heavy (non-hydrogen) atoms. The topological polar surface area (TPSA) is 91.8 Å². The molecule has 0 bridgehead atoms. The number of ketones is 1. The maximum Gasteiger partial charge on any atom is 0.320 e. The number of aromatic nitrogens is 3. The van der Waals surface area contributed by atoms with Crippen LogP contribution >= 0.6 is 34.3 Å². The normalized spacial score (nSPS) is 20.2. The second kappa shape index (κ2) is 13.0. The number of hydrogen-bond acceptors (Lipinski definition) is 11. The van der Waals surface area contributed by atoms with Crippen molar-refractivity contribution in [2.45, 2.75) is 58.7 Å². The molecule has 214 valence electrons. The minimum Gasteiger partial charge on any atom is -0.465 e. The molecule has 0 aliphatic carbocycles. The van der Waals surface area contributed by atoms with E-state index in [0.717, 1.165) is 54.1 Å². The summed E-state index contributed by atoms with van der Waals surface area (Å²) in [5.74, 6) is 0.431. The van der Waals surface area contributed by atoms with Crippen molar-refractivity contribution in [3.63, 3.8) is 0 Å². The first-order valence-electron chi connectivity index (χ1n) is 13.8. The van der Waals surface area contributed by atoms with Crippen molar-refractivity contribution in [2.24, 2.45) is 0 Å². The third-order valence-electron chi connectivity index (χ3n) is 7.48. The van der Waals surface area contributed by atoms with Crippen LogP contribution < -0.4 is 4.90 Å². The Morgan fingerprint density at radius 2 is 2.00 bits per heavy atom. The Bertz CT molecular complexity index is 1330. The first-order chi connectivity index (χ1) is 19.3. The van der Waals surface area contributed by atoms with Crippen molar-refractivity contribution in [3.8, 4) is 10.6 Å². The second-order valence-corrected chi connectivity index (χ2v) is 12.9. The van der Waals surface area contributed by atoms with Crippen LogP contribution in [-0.2, 0) is 22.5 Å². The highest BCUT2D eigenvalue weighted by Crippen LogP contribution is 2.36. The lowest BCUT2D eigenvalue weighted by Gasteiger charge is -2.39. The van der Waals surface area contributed by atoms with Gasteiger partial charge in [-0.2, -0.15) is 0 Å². The SMILES string of the molecule is CCOC(=O)CN1CCN(c2cnc(C(=O)Cc3nc(-c4cc(Cl)cs4)c(CN4CCC[C@H]4C)s3)cn2)[C@@H](C)C1. The summed E-state index contributed by atoms with van der Waals surface area (Å²) in [6.45, 7) is 10.9. The lowest BCUT2D eigenvalue weighted by Crippen LogP contribution is -2.53. The number of carbonyl (C=O) groups is 2. The molecule has 2 aliphatic heterocycles. The summed E-state index contributed by atoms with van der Waals surface area (Å²) in [4.78, 5) is 47.9. The highest BCUT2D eigenvalue weighted by atomic mass is 35.5. The molecule has 3 aromatic heterocycles. The van der Waals surface area contributed by atoms with E-state index in [1.54, 1.807) is 35.1 Å². The molecule has 3 aromatic rings. The predicted molar refractivity (Wildman–Crippen MR) is 159 cm³/mol. The summed E-state index contributed by atoms with van der Waals surface area (Å²) in [5.41, 5.74) is 1.27. The van der Waals surface area contributed by atoms with Gasteiger partial charge in [0, 0.05) is 48.5 Å². The van der Waals surface area contributed by atoms with Gasteiger partial charge in [0.05, 0.1) is 47.6 Å². The van der Waals surface area contributed by atoms with E-state index < -0.39 is 0 Å². The molecule has 2 atom stereocenters. The number of hydrogen-bond donors (Lipinski definition) is 0. The second-order valence-electron chi connectivity index (χ2n) is 10.4. The number of halogens is 1. The zero-order valence-electron chi connectivity index (χ0n) is 23.1. The first-order valence-corrected chi connectivity index (χ1v) is 15.8. The Labute approximate surface area is 248 Å². The van der Waals surface area contributed by atoms with Crippen molar-refractivity contribution in [3.05, 3.63) is 44.4 Å². The number of rotatable bonds is 10. The van der Waals surface area contributed by atoms with Gasteiger partial charge < -0.3 is 9.64 Å². The Morgan fingerprint density at radius 1 is 1.15 bits per heavy atom. The molecule has 0 N–H and O–H groups in total. The molecule has 0 saturated carbocycles. The Hall–Kier alpha value is -2.44. The van der Waals surface area contributed by atoms with E-state index in [4.69, 9.17) is 21.3 Å². The highest BCUT2D eigenvalue weighted by molar-refractivity contribution is 7.15. The number of nitrogens with zero attached hydrogens (tertiary/aromatic N) is 6. The van der Waals surface area contributed by atoms with Crippen molar-refractivity contribution in [1.82, 2.24) is 24.8 Å². The molecule has 5 heterocycles. The molecule has 2 aliphatic rings. The van der Waals surface area contributed by atoms with E-state index in [9.17, 15) is 9.59 Å². The molecule has 12 heteroatoms. The third-order valence-corrected chi connectivity index (χ3v) is 9.80. The van der Waals surface area contributed by atoms with Gasteiger partial charge in [0.25, 0.3) is 0 Å². The van der Waals surface area contributed by atoms with Crippen LogP contribution in [0.2, 0.25) is 5.02 Å². The predicted octanol–water partition coefficient (Wildman–Crippen LogP) is 4.80. The fourth-order valence-electron chi connectivity index (χ4n) is 5.37. The van der Waals surface area contributed by atoms with Crippen molar-refractivity contribution in [2.75, 3.05) is 44.2 Å². The lowest BCUT2D eigenvalue weighted by molar-refractivity contribution is -0.144. The number of ether oxygens (including phenoxy) is 1. The molecule has 0 radical (unpaired) electrons. The largest absolute Gasteiger partial charge is 0.465 e. The van der Waals surface area contributed by atoms with Gasteiger partial charge in [0.1, 0.15) is 16.5 Å². The summed E-state index contributed by atoms with van der Waals surface area (Å²) < 4.78 is 5.08. The highest BCUT2D eigenvalue weighted by Gasteiger charge is 2.27. The van der Waals surface area contributed by atoms with Crippen LogP contribution in [-0.4, -0.2) is 87.9 Å². The molecule has 2 fully saturated rings. The summed E-state index contributed by atoms with van der Waals surface area (Å²) in [7, 11) is 0. The van der Waals surface area contributed by atoms with Crippen molar-refractivity contribution < 1.29 is 14.3 Å². The Kier molecular flexibility index (Phi) is 9.47. The summed E-state index contributed by atoms with van der Waals surface area (Å²) in [5, 5.41) is 3.40. The average molecular weight is 603 g/mol. The number of Topliss-reactive ketones (excluding diaryl/α,β-unsaturated/α-hetero) is 1. The number of carbonyl (C=O) groups excluding carboxylic acids is 2. The number of piperazine rings is 1. The zero-order chi connectivity index (χ0) is 28.2. The minimum absolute atomic E-state index is 0.100. The first kappa shape index (κ1) is 29.1. The van der Waals surface area contributed by atoms with Gasteiger partial charge in [-0.25, -0.2) is 15.0 Å². The standard InChI is InChI=1S/C28H35ClN6O3S2/c1-4-38-27(37)16-33-8-9-35(19(3)14-33)25-13-30-21(12-31-25)22(36)11-26-32-28(23-10-20(29)17-39-23)24(40-26)15-34-7-5-6-18(34)2/h10,12-13,17-19H,4-9,11,14-16H2,1-3H3/t18-,19+/m1/s1. The average Bonchev–Trinajstić information content (AvgIpc) is 3.65. The van der Waals surface area contributed by atoms with E-state index in [0.29, 0.717) is 29.9 Å². The molecule has 0 spiro atoms. The van der Waals surface area contributed by atoms with E-state index in [-0.39, 0.29) is 24.2 Å². The molecule has 2 saturated heterocycles. The molecule has 0 aromatic carbocycles. The maximum atomic E-state index is 13.2. The van der Waals surface area contributed by atoms with Gasteiger partial charge in [-0.15, -0.1) is 22.7 Å². The van der Waals surface area contributed by atoms with Crippen LogP contribution in [0.5, 0.6) is 0 Å². The van der Waals surface area contributed by atoms with E-state index in [1.165, 1.54) is 17.7 Å². The summed E-state index contributed by atoms with van der Waals surface area (Å²) >= 11 is 9.41. The molecule has 5 rings (SSSR count). The van der Waals surface area contributed by atoms with Gasteiger partial charge in [-0.1, -0.05) is 11.6 Å². The van der Waals surface area contributed by atoms with Gasteiger partial charge in [-0.3, -0.25) is 19.4 Å². The van der Waals surface area contributed by atoms with Gasteiger partial charge in [-0.05, 0) is 46.2 Å². The van der Waals surface area contributed by atoms with E-state index in [2.05, 4.69) is 38.5 Å². The van der Waals surface area contributed by atoms with Gasteiger partial charge in [0.2, 0.25) is 0 Å². The fourth-order valence-corrected chi connectivity index (χ4v) is 7.64. The van der Waals surface area contributed by atoms with E-state index in [1.807, 2.05) is 18.4 Å². The quantitative estimate of drug-likeness (QED) is 0.240. The molecular weight excluding hydrogens is 568 g/mol. The van der Waals surface area contributed by atoms with Crippen LogP contribution in [0.1, 0.15) is 54.0 Å². The Morgan fingerprint density at radius 3 is 2.65 bits per heavy atom.